The molecule has 1 aliphatic rings. The van der Waals surface area contributed by atoms with Crippen LogP contribution in [0.3, 0.4) is 0 Å². The average Bonchev–Trinajstić information content (AvgIpc) is 2.69. The maximum absolute atomic E-state index is 11.5. The van der Waals surface area contributed by atoms with Crippen molar-refractivity contribution in [2.75, 3.05) is 19.7 Å². The molecule has 88 valence electrons. The molecule has 0 unspecified atom stereocenters. The second-order valence-electron chi connectivity index (χ2n) is 3.25. The van der Waals surface area contributed by atoms with Crippen molar-refractivity contribution in [3.63, 3.8) is 0 Å². The molecule has 6 heteroatoms. The Morgan fingerprint density at radius 3 is 2.81 bits per heavy atom. The van der Waals surface area contributed by atoms with Crippen LogP contribution in [-0.4, -0.2) is 42.5 Å². The summed E-state index contributed by atoms with van der Waals surface area (Å²) in [6, 6.07) is -0.399. The number of nitrogens with one attached hydrogen (secondary N) is 1. The summed E-state index contributed by atoms with van der Waals surface area (Å²) in [6.07, 6.45) is 1.42. The fraction of sp³-hybridized carbons (Fsp3) is 0.500. The van der Waals surface area contributed by atoms with Crippen LogP contribution < -0.4 is 5.32 Å². The van der Waals surface area contributed by atoms with Gasteiger partial charge in [0.25, 0.3) is 0 Å². The van der Waals surface area contributed by atoms with E-state index in [0.29, 0.717) is 13.1 Å². The van der Waals surface area contributed by atoms with Crippen LogP contribution in [0, 0.1) is 0 Å². The standard InChI is InChI=1S/C10H14N2O4/c1-2-7-16-9(14)4-3-8(13)12-6-5-11-10(12)15/h2H,1,3-7H2,(H,11,15). The number of amides is 3. The number of esters is 1. The highest BCUT2D eigenvalue weighted by molar-refractivity contribution is 5.96. The van der Waals surface area contributed by atoms with Gasteiger partial charge in [-0.25, -0.2) is 4.79 Å². The van der Waals surface area contributed by atoms with Crippen molar-refractivity contribution in [2.45, 2.75) is 12.8 Å². The van der Waals surface area contributed by atoms with Crippen LogP contribution in [-0.2, 0) is 14.3 Å². The lowest BCUT2D eigenvalue weighted by molar-refractivity contribution is -0.144. The van der Waals surface area contributed by atoms with Gasteiger partial charge in [-0.05, 0) is 0 Å². The molecule has 0 bridgehead atoms. The number of imide groups is 1. The quantitative estimate of drug-likeness (QED) is 0.530. The molecule has 0 spiro atoms. The Balaban J connectivity index is 2.26. The van der Waals surface area contributed by atoms with Gasteiger partial charge in [0.1, 0.15) is 6.61 Å². The van der Waals surface area contributed by atoms with E-state index in [1.54, 1.807) is 0 Å². The highest BCUT2D eigenvalue weighted by atomic mass is 16.5. The van der Waals surface area contributed by atoms with E-state index in [1.165, 1.54) is 6.08 Å². The maximum Gasteiger partial charge on any atom is 0.324 e. The molecule has 0 aromatic heterocycles. The third-order valence-electron chi connectivity index (χ3n) is 2.06. The van der Waals surface area contributed by atoms with Crippen LogP contribution >= 0.6 is 0 Å². The molecule has 1 aliphatic heterocycles. The Morgan fingerprint density at radius 2 is 2.25 bits per heavy atom. The average molecular weight is 226 g/mol. The molecule has 0 atom stereocenters. The molecule has 1 N–H and O–H groups in total. The van der Waals surface area contributed by atoms with E-state index in [1.807, 2.05) is 0 Å². The van der Waals surface area contributed by atoms with Crippen molar-refractivity contribution in [3.8, 4) is 0 Å². The van der Waals surface area contributed by atoms with E-state index in [-0.39, 0.29) is 25.4 Å². The van der Waals surface area contributed by atoms with Crippen molar-refractivity contribution < 1.29 is 19.1 Å². The molecule has 1 rings (SSSR count). The Labute approximate surface area is 93.2 Å². The molecule has 0 aromatic carbocycles. The lowest BCUT2D eigenvalue weighted by atomic mass is 10.3. The van der Waals surface area contributed by atoms with E-state index in [2.05, 4.69) is 11.9 Å². The zero-order chi connectivity index (χ0) is 12.0. The minimum atomic E-state index is -0.465. The number of urea groups is 1. The maximum atomic E-state index is 11.5. The van der Waals surface area contributed by atoms with Gasteiger partial charge >= 0.3 is 12.0 Å². The van der Waals surface area contributed by atoms with E-state index >= 15 is 0 Å². The minimum Gasteiger partial charge on any atom is -0.461 e. The summed E-state index contributed by atoms with van der Waals surface area (Å²) in [7, 11) is 0. The lowest BCUT2D eigenvalue weighted by Gasteiger charge is -2.11. The molecular weight excluding hydrogens is 212 g/mol. The smallest absolute Gasteiger partial charge is 0.324 e. The summed E-state index contributed by atoms with van der Waals surface area (Å²) < 4.78 is 4.70. The molecule has 1 heterocycles. The van der Waals surface area contributed by atoms with E-state index in [4.69, 9.17) is 4.74 Å². The predicted octanol–water partition coefficient (Wildman–Crippen LogP) is 0.0476. The van der Waals surface area contributed by atoms with E-state index in [0.717, 1.165) is 4.90 Å². The van der Waals surface area contributed by atoms with Gasteiger partial charge in [0.15, 0.2) is 0 Å². The fourth-order valence-corrected chi connectivity index (χ4v) is 1.28. The normalized spacial score (nSPS) is 14.5. The zero-order valence-corrected chi connectivity index (χ0v) is 8.90. The van der Waals surface area contributed by atoms with Gasteiger partial charge in [-0.2, -0.15) is 0 Å². The molecule has 1 saturated heterocycles. The van der Waals surface area contributed by atoms with Gasteiger partial charge < -0.3 is 10.1 Å². The highest BCUT2D eigenvalue weighted by Crippen LogP contribution is 2.03. The van der Waals surface area contributed by atoms with Crippen molar-refractivity contribution in [1.29, 1.82) is 0 Å². The van der Waals surface area contributed by atoms with Crippen LogP contribution in [0.2, 0.25) is 0 Å². The summed E-state index contributed by atoms with van der Waals surface area (Å²) in [5.74, 6) is -0.821. The largest absolute Gasteiger partial charge is 0.461 e. The van der Waals surface area contributed by atoms with Gasteiger partial charge in [-0.15, -0.1) is 0 Å². The number of carbonyl (C=O) groups is 3. The van der Waals surface area contributed by atoms with E-state index in [9.17, 15) is 14.4 Å². The molecule has 0 aromatic rings. The Hall–Kier alpha value is -1.85. The van der Waals surface area contributed by atoms with Gasteiger partial charge in [-0.1, -0.05) is 12.7 Å². The monoisotopic (exact) mass is 226 g/mol. The van der Waals surface area contributed by atoms with Crippen molar-refractivity contribution in [2.24, 2.45) is 0 Å². The topological polar surface area (TPSA) is 75.7 Å². The molecule has 16 heavy (non-hydrogen) atoms. The van der Waals surface area contributed by atoms with Crippen LogP contribution in [0.5, 0.6) is 0 Å². The van der Waals surface area contributed by atoms with Crippen LogP contribution in [0.15, 0.2) is 12.7 Å². The first-order valence-corrected chi connectivity index (χ1v) is 5.00. The van der Waals surface area contributed by atoms with Crippen molar-refractivity contribution in [3.05, 3.63) is 12.7 Å². The molecule has 3 amide bonds. The first kappa shape index (κ1) is 12.2. The molecule has 0 aliphatic carbocycles. The van der Waals surface area contributed by atoms with Crippen LogP contribution in [0.4, 0.5) is 4.79 Å². The molecule has 1 fully saturated rings. The summed E-state index contributed by atoms with van der Waals surface area (Å²) in [5.41, 5.74) is 0. The third kappa shape index (κ3) is 3.38. The van der Waals surface area contributed by atoms with Gasteiger partial charge in [0, 0.05) is 19.5 Å². The predicted molar refractivity (Wildman–Crippen MR) is 55.5 cm³/mol. The Bertz CT molecular complexity index is 314. The first-order chi connectivity index (χ1) is 7.65. The van der Waals surface area contributed by atoms with Gasteiger partial charge in [0.2, 0.25) is 5.91 Å². The summed E-state index contributed by atoms with van der Waals surface area (Å²) in [4.78, 5) is 34.7. The highest BCUT2D eigenvalue weighted by Gasteiger charge is 2.26. The third-order valence-corrected chi connectivity index (χ3v) is 2.06. The number of ether oxygens (including phenoxy) is 1. The number of carbonyl (C=O) groups excluding carboxylic acids is 3. The van der Waals surface area contributed by atoms with Crippen LogP contribution in [0.1, 0.15) is 12.8 Å². The number of hydrogen-bond donors (Lipinski definition) is 1. The molecule has 6 nitrogen and oxygen atoms in total. The van der Waals surface area contributed by atoms with Crippen molar-refractivity contribution >= 4 is 17.9 Å². The Kier molecular flexibility index (Phi) is 4.50. The minimum absolute atomic E-state index is 0.0105. The van der Waals surface area contributed by atoms with E-state index < -0.39 is 12.0 Å². The summed E-state index contributed by atoms with van der Waals surface area (Å²) >= 11 is 0. The Morgan fingerprint density at radius 1 is 1.50 bits per heavy atom. The first-order valence-electron chi connectivity index (χ1n) is 5.00. The lowest BCUT2D eigenvalue weighted by Crippen LogP contribution is -2.34. The van der Waals surface area contributed by atoms with Gasteiger partial charge in [-0.3, -0.25) is 14.5 Å². The molecule has 0 radical (unpaired) electrons. The number of nitrogens with zero attached hydrogens (tertiary/aromatic N) is 1. The van der Waals surface area contributed by atoms with Crippen LogP contribution in [0.25, 0.3) is 0 Å². The number of hydrogen-bond acceptors (Lipinski definition) is 4. The fourth-order valence-electron chi connectivity index (χ4n) is 1.28. The SMILES string of the molecule is C=CCOC(=O)CCC(=O)N1CCNC1=O. The molecule has 0 saturated carbocycles. The summed E-state index contributed by atoms with van der Waals surface area (Å²) in [5, 5.41) is 2.51. The van der Waals surface area contributed by atoms with Crippen molar-refractivity contribution in [1.82, 2.24) is 10.2 Å². The molecular formula is C10H14N2O4. The number of rotatable bonds is 5. The second-order valence-corrected chi connectivity index (χ2v) is 3.25. The second kappa shape index (κ2) is 5.89. The summed E-state index contributed by atoms with van der Waals surface area (Å²) in [6.45, 7) is 4.36. The zero-order valence-electron chi connectivity index (χ0n) is 8.90. The van der Waals surface area contributed by atoms with Gasteiger partial charge in [0.05, 0.1) is 6.42 Å².